The first-order chi connectivity index (χ1) is 15.0. The molecule has 0 radical (unpaired) electrons. The van der Waals surface area contributed by atoms with E-state index in [2.05, 4.69) is 28.1 Å². The fourth-order valence-corrected chi connectivity index (χ4v) is 5.12. The minimum Gasteiger partial charge on any atom is -0.481 e. The Morgan fingerprint density at radius 2 is 1.68 bits per heavy atom. The first-order valence-electron chi connectivity index (χ1n) is 9.93. The van der Waals surface area contributed by atoms with E-state index in [1.807, 2.05) is 42.6 Å². The van der Waals surface area contributed by atoms with Gasteiger partial charge in [-0.1, -0.05) is 30.3 Å². The summed E-state index contributed by atoms with van der Waals surface area (Å²) in [5.41, 5.74) is 18.2. The van der Waals surface area contributed by atoms with Crippen molar-refractivity contribution in [3.05, 3.63) is 83.4 Å². The molecule has 0 bridgehead atoms. The van der Waals surface area contributed by atoms with E-state index in [1.165, 1.54) is 15.6 Å². The van der Waals surface area contributed by atoms with Gasteiger partial charge in [-0.25, -0.2) is 0 Å². The van der Waals surface area contributed by atoms with Gasteiger partial charge in [0.25, 0.3) is 0 Å². The first-order valence-corrected chi connectivity index (χ1v) is 10.8. The lowest BCUT2D eigenvalue weighted by molar-refractivity contribution is -0.136. The van der Waals surface area contributed by atoms with Crippen LogP contribution in [0, 0.1) is 0 Å². The third-order valence-corrected chi connectivity index (χ3v) is 6.53. The average molecular weight is 428 g/mol. The van der Waals surface area contributed by atoms with Crippen molar-refractivity contribution in [2.75, 3.05) is 11.5 Å². The van der Waals surface area contributed by atoms with Gasteiger partial charge >= 0.3 is 5.97 Å². The fourth-order valence-electron chi connectivity index (χ4n) is 4.16. The Hall–Kier alpha value is -3.77. The van der Waals surface area contributed by atoms with Gasteiger partial charge in [0, 0.05) is 39.7 Å². The summed E-state index contributed by atoms with van der Waals surface area (Å²) in [7, 11) is 0. The molecular formula is C25H21N3O2S. The number of nitrogens with two attached hydrogens (primary N) is 2. The van der Waals surface area contributed by atoms with Gasteiger partial charge in [-0.3, -0.25) is 4.79 Å². The highest BCUT2D eigenvalue weighted by molar-refractivity contribution is 7.17. The van der Waals surface area contributed by atoms with Gasteiger partial charge in [-0.2, -0.15) is 0 Å². The molecule has 5 N–H and O–H groups in total. The summed E-state index contributed by atoms with van der Waals surface area (Å²) in [6.45, 7) is 0.669. The predicted octanol–water partition coefficient (Wildman–Crippen LogP) is 5.36. The summed E-state index contributed by atoms with van der Waals surface area (Å²) in [6, 6.07) is 19.9. The molecule has 0 saturated carbocycles. The van der Waals surface area contributed by atoms with Gasteiger partial charge in [0.1, 0.15) is 0 Å². The van der Waals surface area contributed by atoms with Crippen LogP contribution < -0.4 is 11.5 Å². The van der Waals surface area contributed by atoms with E-state index in [0.717, 1.165) is 27.6 Å². The van der Waals surface area contributed by atoms with E-state index in [0.29, 0.717) is 17.9 Å². The maximum atomic E-state index is 11.4. The van der Waals surface area contributed by atoms with Crippen molar-refractivity contribution >= 4 is 49.7 Å². The number of nitrogen functional groups attached to an aromatic ring is 2. The highest BCUT2D eigenvalue weighted by Crippen LogP contribution is 2.32. The third-order valence-electron chi connectivity index (χ3n) is 5.52. The summed E-state index contributed by atoms with van der Waals surface area (Å²) >= 11 is 1.72. The standard InChI is InChI=1S/C25H21N3O2S/c26-19-7-16(8-20(27)11-19)15-5-6-21-17(10-25(29)30)12-28(23(21)9-15)13-18-14-31-24-4-2-1-3-22(18)24/h1-9,11-12,14H,10,13,26-27H2,(H,29,30). The number of anilines is 2. The Labute approximate surface area is 183 Å². The number of aromatic nitrogens is 1. The topological polar surface area (TPSA) is 94.3 Å². The van der Waals surface area contributed by atoms with Crippen LogP contribution in [0.15, 0.2) is 72.2 Å². The highest BCUT2D eigenvalue weighted by Gasteiger charge is 2.14. The van der Waals surface area contributed by atoms with Crippen LogP contribution >= 0.6 is 11.3 Å². The van der Waals surface area contributed by atoms with Crippen LogP contribution in [-0.2, 0) is 17.8 Å². The van der Waals surface area contributed by atoms with E-state index in [-0.39, 0.29) is 6.42 Å². The summed E-state index contributed by atoms with van der Waals surface area (Å²) in [4.78, 5) is 11.4. The van der Waals surface area contributed by atoms with Crippen LogP contribution in [0.1, 0.15) is 11.1 Å². The Balaban J connectivity index is 1.65. The van der Waals surface area contributed by atoms with E-state index < -0.39 is 5.97 Å². The molecule has 0 fully saturated rings. The van der Waals surface area contributed by atoms with E-state index in [1.54, 1.807) is 17.4 Å². The lowest BCUT2D eigenvalue weighted by Crippen LogP contribution is -2.00. The van der Waals surface area contributed by atoms with Crippen LogP contribution in [0.5, 0.6) is 0 Å². The Kier molecular flexibility index (Phi) is 4.64. The zero-order valence-corrected chi connectivity index (χ0v) is 17.5. The number of aliphatic carboxylic acids is 1. The van der Waals surface area contributed by atoms with Crippen molar-refractivity contribution in [2.24, 2.45) is 0 Å². The van der Waals surface area contributed by atoms with Gasteiger partial charge < -0.3 is 21.1 Å². The number of rotatable bonds is 5. The molecule has 2 heterocycles. The van der Waals surface area contributed by atoms with Crippen LogP contribution in [-0.4, -0.2) is 15.6 Å². The molecule has 6 heteroatoms. The molecule has 0 atom stereocenters. The molecule has 5 aromatic rings. The molecule has 3 aromatic carbocycles. The molecule has 31 heavy (non-hydrogen) atoms. The Bertz CT molecular complexity index is 1430. The predicted molar refractivity (Wildman–Crippen MR) is 128 cm³/mol. The average Bonchev–Trinajstić information content (AvgIpc) is 3.29. The lowest BCUT2D eigenvalue weighted by atomic mass is 10.0. The summed E-state index contributed by atoms with van der Waals surface area (Å²) in [6.07, 6.45) is 1.95. The number of carboxylic acids is 1. The number of thiophene rings is 1. The Morgan fingerprint density at radius 1 is 0.903 bits per heavy atom. The molecule has 154 valence electrons. The summed E-state index contributed by atoms with van der Waals surface area (Å²) < 4.78 is 3.39. The fraction of sp³-hybridized carbons (Fsp3) is 0.0800. The quantitative estimate of drug-likeness (QED) is 0.329. The van der Waals surface area contributed by atoms with Gasteiger partial charge in [-0.05, 0) is 63.4 Å². The van der Waals surface area contributed by atoms with Crippen molar-refractivity contribution in [1.29, 1.82) is 0 Å². The summed E-state index contributed by atoms with van der Waals surface area (Å²) in [5.74, 6) is -0.840. The van der Waals surface area contributed by atoms with Gasteiger partial charge in [-0.15, -0.1) is 11.3 Å². The first kappa shape index (κ1) is 19.2. The normalized spacial score (nSPS) is 11.4. The minimum absolute atomic E-state index is 0.0154. The maximum Gasteiger partial charge on any atom is 0.307 e. The molecule has 0 saturated heterocycles. The smallest absolute Gasteiger partial charge is 0.307 e. The van der Waals surface area contributed by atoms with E-state index in [4.69, 9.17) is 11.5 Å². The molecule has 0 amide bonds. The van der Waals surface area contributed by atoms with Gasteiger partial charge in [0.05, 0.1) is 6.42 Å². The molecule has 0 spiro atoms. The number of benzene rings is 3. The third kappa shape index (κ3) is 3.62. The van der Waals surface area contributed by atoms with Gasteiger partial charge in [0.2, 0.25) is 0 Å². The molecule has 5 nitrogen and oxygen atoms in total. The highest BCUT2D eigenvalue weighted by atomic mass is 32.1. The van der Waals surface area contributed by atoms with Crippen LogP contribution in [0.4, 0.5) is 11.4 Å². The van der Waals surface area contributed by atoms with Gasteiger partial charge in [0.15, 0.2) is 0 Å². The molecule has 0 aliphatic rings. The van der Waals surface area contributed by atoms with Crippen molar-refractivity contribution in [3.63, 3.8) is 0 Å². The molecule has 0 aliphatic carbocycles. The lowest BCUT2D eigenvalue weighted by Gasteiger charge is -2.09. The second-order valence-electron chi connectivity index (χ2n) is 7.73. The number of hydrogen-bond acceptors (Lipinski definition) is 4. The monoisotopic (exact) mass is 427 g/mol. The van der Waals surface area contributed by atoms with Crippen molar-refractivity contribution < 1.29 is 9.90 Å². The SMILES string of the molecule is Nc1cc(N)cc(-c2ccc3c(CC(=O)O)cn(Cc4csc5ccccc45)c3c2)c1. The minimum atomic E-state index is -0.840. The second-order valence-corrected chi connectivity index (χ2v) is 8.64. The second kappa shape index (κ2) is 7.49. The number of nitrogens with zero attached hydrogens (tertiary/aromatic N) is 1. The van der Waals surface area contributed by atoms with Crippen LogP contribution in [0.3, 0.4) is 0 Å². The largest absolute Gasteiger partial charge is 0.481 e. The zero-order valence-electron chi connectivity index (χ0n) is 16.7. The van der Waals surface area contributed by atoms with Crippen molar-refractivity contribution in [2.45, 2.75) is 13.0 Å². The maximum absolute atomic E-state index is 11.4. The zero-order chi connectivity index (χ0) is 21.5. The molecule has 0 aliphatic heterocycles. The van der Waals surface area contributed by atoms with Crippen molar-refractivity contribution in [3.8, 4) is 11.1 Å². The molecule has 2 aromatic heterocycles. The Morgan fingerprint density at radius 3 is 2.45 bits per heavy atom. The molecule has 5 rings (SSSR count). The molecular weight excluding hydrogens is 406 g/mol. The van der Waals surface area contributed by atoms with E-state index >= 15 is 0 Å². The van der Waals surface area contributed by atoms with Crippen LogP contribution in [0.2, 0.25) is 0 Å². The van der Waals surface area contributed by atoms with Crippen molar-refractivity contribution in [1.82, 2.24) is 4.57 Å². The number of hydrogen-bond donors (Lipinski definition) is 3. The summed E-state index contributed by atoms with van der Waals surface area (Å²) in [5, 5.41) is 13.7. The number of fused-ring (bicyclic) bond motifs is 2. The van der Waals surface area contributed by atoms with Crippen LogP contribution in [0.25, 0.3) is 32.1 Å². The molecule has 0 unspecified atom stereocenters. The number of carbonyl (C=O) groups is 1. The number of carboxylic acid groups (broad SMARTS) is 1. The van der Waals surface area contributed by atoms with E-state index in [9.17, 15) is 9.90 Å².